The van der Waals surface area contributed by atoms with Crippen LogP contribution in [-0.2, 0) is 16.8 Å². The van der Waals surface area contributed by atoms with Gasteiger partial charge in [-0.2, -0.15) is 0 Å². The Kier molecular flexibility index (Phi) is 4.66. The van der Waals surface area contributed by atoms with Gasteiger partial charge in [0.1, 0.15) is 17.8 Å². The van der Waals surface area contributed by atoms with Crippen LogP contribution in [0.2, 0.25) is 0 Å². The van der Waals surface area contributed by atoms with Crippen molar-refractivity contribution in [3.8, 4) is 22.6 Å². The second-order valence-electron chi connectivity index (χ2n) is 8.61. The number of fused-ring (bicyclic) bond motifs is 4. The lowest BCUT2D eigenvalue weighted by molar-refractivity contribution is -0.122. The van der Waals surface area contributed by atoms with Crippen LogP contribution in [0, 0.1) is 5.82 Å². The van der Waals surface area contributed by atoms with Gasteiger partial charge >= 0.3 is 0 Å². The average molecular weight is 451 g/mol. The van der Waals surface area contributed by atoms with E-state index in [0.717, 1.165) is 27.9 Å². The highest BCUT2D eigenvalue weighted by molar-refractivity contribution is 6.11. The topological polar surface area (TPSA) is 38.8 Å². The molecule has 1 atom stereocenters. The van der Waals surface area contributed by atoms with E-state index in [0.29, 0.717) is 17.9 Å². The van der Waals surface area contributed by atoms with Crippen molar-refractivity contribution in [3.63, 3.8) is 0 Å². The Morgan fingerprint density at radius 3 is 2.50 bits per heavy atom. The largest absolute Gasteiger partial charge is 0.494 e. The predicted octanol–water partition coefficient (Wildman–Crippen LogP) is 5.73. The molecular formula is C29H22FNO3. The summed E-state index contributed by atoms with van der Waals surface area (Å²) in [7, 11) is 1.41. The number of para-hydroxylation sites is 1. The van der Waals surface area contributed by atoms with Crippen LogP contribution < -0.4 is 14.4 Å². The summed E-state index contributed by atoms with van der Waals surface area (Å²) in [5, 5.41) is 0. The van der Waals surface area contributed by atoms with Gasteiger partial charge in [0, 0.05) is 17.3 Å². The van der Waals surface area contributed by atoms with Crippen LogP contribution in [0.15, 0.2) is 91.0 Å². The van der Waals surface area contributed by atoms with Gasteiger partial charge in [-0.05, 0) is 34.4 Å². The Labute approximate surface area is 197 Å². The third-order valence-corrected chi connectivity index (χ3v) is 6.85. The first-order chi connectivity index (χ1) is 16.6. The summed E-state index contributed by atoms with van der Waals surface area (Å²) in [6.07, 6.45) is 0. The summed E-state index contributed by atoms with van der Waals surface area (Å²) in [5.74, 6) is -0.0414. The van der Waals surface area contributed by atoms with Crippen LogP contribution in [-0.4, -0.2) is 19.6 Å². The van der Waals surface area contributed by atoms with Crippen molar-refractivity contribution < 1.29 is 18.7 Å². The van der Waals surface area contributed by atoms with Crippen LogP contribution in [0.5, 0.6) is 11.5 Å². The maximum absolute atomic E-state index is 14.8. The number of methoxy groups -OCH3 is 1. The van der Waals surface area contributed by atoms with E-state index in [-0.39, 0.29) is 18.3 Å². The average Bonchev–Trinajstić information content (AvgIpc) is 3.36. The predicted molar refractivity (Wildman–Crippen MR) is 129 cm³/mol. The molecule has 1 spiro atoms. The lowest BCUT2D eigenvalue weighted by Gasteiger charge is -2.24. The van der Waals surface area contributed by atoms with E-state index < -0.39 is 11.2 Å². The zero-order valence-corrected chi connectivity index (χ0v) is 18.6. The van der Waals surface area contributed by atoms with Gasteiger partial charge in [-0.25, -0.2) is 4.39 Å². The molecule has 4 nitrogen and oxygen atoms in total. The Morgan fingerprint density at radius 1 is 0.941 bits per heavy atom. The van der Waals surface area contributed by atoms with Gasteiger partial charge in [0.05, 0.1) is 13.7 Å². The molecule has 0 fully saturated rings. The third kappa shape index (κ3) is 2.86. The van der Waals surface area contributed by atoms with E-state index in [1.807, 2.05) is 60.7 Å². The molecule has 2 aliphatic rings. The summed E-state index contributed by atoms with van der Waals surface area (Å²) in [6.45, 7) is 0.526. The molecule has 4 aromatic carbocycles. The number of hydrogen-bond acceptors (Lipinski definition) is 3. The number of anilines is 1. The van der Waals surface area contributed by atoms with E-state index in [1.165, 1.54) is 19.2 Å². The normalized spacial score (nSPS) is 18.1. The number of benzene rings is 4. The van der Waals surface area contributed by atoms with E-state index in [4.69, 9.17) is 9.47 Å². The van der Waals surface area contributed by atoms with Crippen LogP contribution in [0.25, 0.3) is 11.1 Å². The fraction of sp³-hybridized carbons (Fsp3) is 0.138. The van der Waals surface area contributed by atoms with Gasteiger partial charge in [-0.3, -0.25) is 4.79 Å². The fourth-order valence-corrected chi connectivity index (χ4v) is 5.22. The summed E-state index contributed by atoms with van der Waals surface area (Å²) in [5.41, 5.74) is 4.32. The number of hydrogen-bond donors (Lipinski definition) is 0. The Morgan fingerprint density at radius 2 is 1.68 bits per heavy atom. The zero-order valence-electron chi connectivity index (χ0n) is 18.6. The molecular weight excluding hydrogens is 429 g/mol. The second-order valence-corrected chi connectivity index (χ2v) is 8.61. The highest BCUT2D eigenvalue weighted by Crippen LogP contribution is 2.53. The molecule has 168 valence electrons. The van der Waals surface area contributed by atoms with Crippen molar-refractivity contribution in [1.82, 2.24) is 0 Å². The van der Waals surface area contributed by atoms with Crippen molar-refractivity contribution in [2.24, 2.45) is 0 Å². The summed E-state index contributed by atoms with van der Waals surface area (Å²) in [6, 6.07) is 28.9. The summed E-state index contributed by atoms with van der Waals surface area (Å²) < 4.78 is 25.8. The molecule has 6 rings (SSSR count). The van der Waals surface area contributed by atoms with E-state index in [2.05, 4.69) is 18.2 Å². The number of nitrogens with zero attached hydrogens (tertiary/aromatic N) is 1. The first kappa shape index (κ1) is 20.5. The van der Waals surface area contributed by atoms with Crippen molar-refractivity contribution in [1.29, 1.82) is 0 Å². The lowest BCUT2D eigenvalue weighted by atomic mass is 9.77. The summed E-state index contributed by atoms with van der Waals surface area (Å²) >= 11 is 0. The van der Waals surface area contributed by atoms with Crippen LogP contribution in [0.1, 0.15) is 16.7 Å². The molecule has 0 saturated heterocycles. The minimum absolute atomic E-state index is 0.100. The molecule has 0 bridgehead atoms. The van der Waals surface area contributed by atoms with Gasteiger partial charge in [-0.15, -0.1) is 0 Å². The van der Waals surface area contributed by atoms with Crippen molar-refractivity contribution in [2.75, 3.05) is 18.6 Å². The Balaban J connectivity index is 1.47. The molecule has 2 heterocycles. The standard InChI is InChI=1S/C29H22FNO3/c1-33-27-16-26-23(15-24(27)30)29(18-34-26)22-13-7-8-14-25(22)31(28(29)32)17-20-11-5-6-12-21(20)19-9-3-2-4-10-19/h2-16H,17-18H2,1H3. The first-order valence-electron chi connectivity index (χ1n) is 11.2. The third-order valence-electron chi connectivity index (χ3n) is 6.85. The smallest absolute Gasteiger partial charge is 0.246 e. The molecule has 1 amide bonds. The van der Waals surface area contributed by atoms with E-state index >= 15 is 0 Å². The maximum Gasteiger partial charge on any atom is 0.246 e. The monoisotopic (exact) mass is 451 g/mol. The highest BCUT2D eigenvalue weighted by Gasteiger charge is 2.57. The molecule has 0 aromatic heterocycles. The molecule has 1 unspecified atom stereocenters. The molecule has 0 N–H and O–H groups in total. The Hall–Kier alpha value is -4.12. The van der Waals surface area contributed by atoms with Gasteiger partial charge in [0.25, 0.3) is 0 Å². The van der Waals surface area contributed by atoms with Crippen LogP contribution in [0.4, 0.5) is 10.1 Å². The minimum atomic E-state index is -1.08. The quantitative estimate of drug-likeness (QED) is 0.398. The van der Waals surface area contributed by atoms with Crippen molar-refractivity contribution >= 4 is 11.6 Å². The number of amides is 1. The number of rotatable bonds is 4. The number of carbonyl (C=O) groups is 1. The lowest BCUT2D eigenvalue weighted by Crippen LogP contribution is -2.42. The maximum atomic E-state index is 14.8. The number of ether oxygens (including phenoxy) is 2. The fourth-order valence-electron chi connectivity index (χ4n) is 5.22. The van der Waals surface area contributed by atoms with Crippen molar-refractivity contribution in [3.05, 3.63) is 114 Å². The molecule has 0 saturated carbocycles. The molecule has 5 heteroatoms. The molecule has 34 heavy (non-hydrogen) atoms. The number of carbonyl (C=O) groups excluding carboxylic acids is 1. The van der Waals surface area contributed by atoms with E-state index in [9.17, 15) is 9.18 Å². The van der Waals surface area contributed by atoms with Gasteiger partial charge in [0.2, 0.25) is 5.91 Å². The van der Waals surface area contributed by atoms with Gasteiger partial charge in [0.15, 0.2) is 11.6 Å². The first-order valence-corrected chi connectivity index (χ1v) is 11.2. The molecule has 4 aromatic rings. The molecule has 2 aliphatic heterocycles. The zero-order chi connectivity index (χ0) is 23.3. The van der Waals surface area contributed by atoms with Gasteiger partial charge in [-0.1, -0.05) is 72.8 Å². The molecule has 0 radical (unpaired) electrons. The van der Waals surface area contributed by atoms with Crippen molar-refractivity contribution in [2.45, 2.75) is 12.0 Å². The highest BCUT2D eigenvalue weighted by atomic mass is 19.1. The van der Waals surface area contributed by atoms with Crippen LogP contribution in [0.3, 0.4) is 0 Å². The Bertz CT molecular complexity index is 1420. The SMILES string of the molecule is COc1cc2c(cc1F)C1(CO2)C(=O)N(Cc2ccccc2-c2ccccc2)c2ccccc21. The van der Waals surface area contributed by atoms with Crippen LogP contribution >= 0.6 is 0 Å². The van der Waals surface area contributed by atoms with Gasteiger partial charge < -0.3 is 14.4 Å². The molecule has 0 aliphatic carbocycles. The summed E-state index contributed by atoms with van der Waals surface area (Å²) in [4.78, 5) is 16.0. The van der Waals surface area contributed by atoms with E-state index in [1.54, 1.807) is 4.90 Å². The minimum Gasteiger partial charge on any atom is -0.494 e. The number of halogens is 1. The second kappa shape index (κ2) is 7.73.